The maximum absolute atomic E-state index is 13.8. The van der Waals surface area contributed by atoms with Crippen molar-refractivity contribution in [1.82, 2.24) is 5.32 Å². The van der Waals surface area contributed by atoms with E-state index in [1.165, 1.54) is 36.4 Å². The fourth-order valence-corrected chi connectivity index (χ4v) is 4.08. The van der Waals surface area contributed by atoms with Crippen LogP contribution in [0, 0.1) is 5.82 Å². The van der Waals surface area contributed by atoms with Crippen molar-refractivity contribution in [2.75, 3.05) is 4.90 Å². The molecule has 0 atom stereocenters. The number of urea groups is 1. The first-order valence-electron chi connectivity index (χ1n) is 9.77. The second-order valence-corrected chi connectivity index (χ2v) is 8.32. The summed E-state index contributed by atoms with van der Waals surface area (Å²) in [6.07, 6.45) is 1.24. The molecule has 0 bridgehead atoms. The first-order chi connectivity index (χ1) is 16.3. The number of benzene rings is 3. The molecule has 0 aliphatic carbocycles. The van der Waals surface area contributed by atoms with Crippen LogP contribution >= 0.6 is 34.8 Å². The van der Waals surface area contributed by atoms with E-state index >= 15 is 0 Å². The van der Waals surface area contributed by atoms with Crippen LogP contribution < -0.4 is 15.0 Å². The molecule has 0 radical (unpaired) electrons. The van der Waals surface area contributed by atoms with Crippen LogP contribution in [0.3, 0.4) is 0 Å². The highest BCUT2D eigenvalue weighted by molar-refractivity contribution is 6.42. The number of halogens is 4. The van der Waals surface area contributed by atoms with E-state index in [-0.39, 0.29) is 38.7 Å². The number of imide groups is 2. The van der Waals surface area contributed by atoms with E-state index < -0.39 is 23.7 Å². The summed E-state index contributed by atoms with van der Waals surface area (Å²) in [7, 11) is 0. The fourth-order valence-electron chi connectivity index (χ4n) is 3.24. The number of carbonyl (C=O) groups is 3. The number of rotatable bonds is 5. The summed E-state index contributed by atoms with van der Waals surface area (Å²) < 4.78 is 19.4. The van der Waals surface area contributed by atoms with Crippen molar-refractivity contribution in [3.05, 3.63) is 98.2 Å². The number of nitrogens with one attached hydrogen (secondary N) is 1. The van der Waals surface area contributed by atoms with Gasteiger partial charge in [-0.25, -0.2) is 14.1 Å². The molecule has 0 unspecified atom stereocenters. The predicted molar refractivity (Wildman–Crippen MR) is 128 cm³/mol. The van der Waals surface area contributed by atoms with Gasteiger partial charge in [0, 0.05) is 5.56 Å². The van der Waals surface area contributed by atoms with Gasteiger partial charge in [-0.05, 0) is 42.0 Å². The SMILES string of the molecule is O=C1NC(=O)N(c2ccccc2Cl)C(=O)/C1=C/c1cc(Cl)c(OCc2ccccc2F)c(Cl)c1. The Labute approximate surface area is 208 Å². The van der Waals surface area contributed by atoms with Gasteiger partial charge in [-0.3, -0.25) is 14.9 Å². The number of barbiturate groups is 1. The first-order valence-corrected chi connectivity index (χ1v) is 10.9. The summed E-state index contributed by atoms with van der Waals surface area (Å²) >= 11 is 18.7. The quantitative estimate of drug-likeness (QED) is 0.330. The van der Waals surface area contributed by atoms with Crippen molar-refractivity contribution in [1.29, 1.82) is 0 Å². The van der Waals surface area contributed by atoms with Gasteiger partial charge in [0.2, 0.25) is 0 Å². The van der Waals surface area contributed by atoms with Crippen molar-refractivity contribution in [2.24, 2.45) is 0 Å². The van der Waals surface area contributed by atoms with Gasteiger partial charge >= 0.3 is 6.03 Å². The van der Waals surface area contributed by atoms with E-state index in [1.807, 2.05) is 0 Å². The van der Waals surface area contributed by atoms with Gasteiger partial charge in [-0.15, -0.1) is 0 Å². The normalized spacial score (nSPS) is 15.0. The number of hydrogen-bond donors (Lipinski definition) is 1. The molecule has 34 heavy (non-hydrogen) atoms. The van der Waals surface area contributed by atoms with Crippen LogP contribution in [0.4, 0.5) is 14.9 Å². The molecule has 6 nitrogen and oxygen atoms in total. The van der Waals surface area contributed by atoms with Crippen molar-refractivity contribution in [3.8, 4) is 5.75 Å². The van der Waals surface area contributed by atoms with Gasteiger partial charge < -0.3 is 4.74 Å². The molecule has 4 rings (SSSR count). The molecule has 1 fully saturated rings. The average Bonchev–Trinajstić information content (AvgIpc) is 2.78. The minimum absolute atomic E-state index is 0.0818. The third-order valence-corrected chi connectivity index (χ3v) is 5.74. The number of hydrogen-bond acceptors (Lipinski definition) is 4. The van der Waals surface area contributed by atoms with Crippen LogP contribution in [0.15, 0.2) is 66.2 Å². The van der Waals surface area contributed by atoms with E-state index in [9.17, 15) is 18.8 Å². The summed E-state index contributed by atoms with van der Waals surface area (Å²) in [5.74, 6) is -2.07. The number of nitrogens with zero attached hydrogens (tertiary/aromatic N) is 1. The zero-order valence-corrected chi connectivity index (χ0v) is 19.4. The predicted octanol–water partition coefficient (Wildman–Crippen LogP) is 6.03. The smallest absolute Gasteiger partial charge is 0.335 e. The van der Waals surface area contributed by atoms with Gasteiger partial charge in [0.15, 0.2) is 5.75 Å². The minimum Gasteiger partial charge on any atom is -0.486 e. The van der Waals surface area contributed by atoms with Crippen LogP contribution in [-0.2, 0) is 16.2 Å². The van der Waals surface area contributed by atoms with E-state index in [4.69, 9.17) is 39.5 Å². The van der Waals surface area contributed by atoms with Crippen LogP contribution in [0.1, 0.15) is 11.1 Å². The lowest BCUT2D eigenvalue weighted by atomic mass is 10.1. The summed E-state index contributed by atoms with van der Waals surface area (Å²) in [5, 5.41) is 2.43. The molecule has 10 heteroatoms. The van der Waals surface area contributed by atoms with Crippen LogP contribution in [0.25, 0.3) is 6.08 Å². The van der Waals surface area contributed by atoms with E-state index in [0.717, 1.165) is 4.90 Å². The maximum atomic E-state index is 13.8. The Bertz CT molecular complexity index is 1340. The topological polar surface area (TPSA) is 75.7 Å². The van der Waals surface area contributed by atoms with Gasteiger partial charge in [-0.2, -0.15) is 0 Å². The van der Waals surface area contributed by atoms with E-state index in [0.29, 0.717) is 11.1 Å². The molecule has 0 saturated carbocycles. The summed E-state index contributed by atoms with van der Waals surface area (Å²) in [4.78, 5) is 38.5. The van der Waals surface area contributed by atoms with Gasteiger partial charge in [0.1, 0.15) is 18.0 Å². The third-order valence-electron chi connectivity index (χ3n) is 4.86. The van der Waals surface area contributed by atoms with Crippen molar-refractivity contribution < 1.29 is 23.5 Å². The molecule has 1 N–H and O–H groups in total. The highest BCUT2D eigenvalue weighted by atomic mass is 35.5. The number of carbonyl (C=O) groups excluding carboxylic acids is 3. The standard InChI is InChI=1S/C24H14Cl3FN2O4/c25-16-6-2-4-8-20(16)30-23(32)15(22(31)29-24(30)33)9-13-10-17(26)21(18(27)11-13)34-12-14-5-1-3-7-19(14)28/h1-11H,12H2,(H,29,31,33)/b15-9+. The number of amides is 4. The molecule has 3 aromatic rings. The molecule has 172 valence electrons. The zero-order chi connectivity index (χ0) is 24.4. The lowest BCUT2D eigenvalue weighted by molar-refractivity contribution is -0.122. The Morgan fingerprint density at radius 2 is 1.56 bits per heavy atom. The van der Waals surface area contributed by atoms with Crippen molar-refractivity contribution in [3.63, 3.8) is 0 Å². The zero-order valence-electron chi connectivity index (χ0n) is 17.2. The Morgan fingerprint density at radius 3 is 2.24 bits per heavy atom. The number of ether oxygens (including phenoxy) is 1. The lowest BCUT2D eigenvalue weighted by Gasteiger charge is -2.27. The molecule has 1 aliphatic rings. The summed E-state index contributed by atoms with van der Waals surface area (Å²) in [5.41, 5.74) is 0.416. The van der Waals surface area contributed by atoms with E-state index in [2.05, 4.69) is 5.32 Å². The Balaban J connectivity index is 1.63. The Kier molecular flexibility index (Phi) is 6.88. The second kappa shape index (κ2) is 9.85. The second-order valence-electron chi connectivity index (χ2n) is 7.10. The average molecular weight is 520 g/mol. The molecule has 1 saturated heterocycles. The molecule has 1 aliphatic heterocycles. The monoisotopic (exact) mass is 518 g/mol. The lowest BCUT2D eigenvalue weighted by Crippen LogP contribution is -2.54. The van der Waals surface area contributed by atoms with Gasteiger partial charge in [-0.1, -0.05) is 65.1 Å². The highest BCUT2D eigenvalue weighted by Gasteiger charge is 2.37. The molecular formula is C24H14Cl3FN2O4. The van der Waals surface area contributed by atoms with E-state index in [1.54, 1.807) is 30.3 Å². The number of para-hydroxylation sites is 1. The van der Waals surface area contributed by atoms with Gasteiger partial charge in [0.05, 0.1) is 20.8 Å². The summed E-state index contributed by atoms with van der Waals surface area (Å²) in [6, 6.07) is 14.2. The number of anilines is 1. The molecule has 4 amide bonds. The largest absolute Gasteiger partial charge is 0.486 e. The van der Waals surface area contributed by atoms with Crippen LogP contribution in [0.5, 0.6) is 5.75 Å². The molecule has 0 aromatic heterocycles. The minimum atomic E-state index is -0.923. The fraction of sp³-hybridized carbons (Fsp3) is 0.0417. The maximum Gasteiger partial charge on any atom is 0.335 e. The van der Waals surface area contributed by atoms with Gasteiger partial charge in [0.25, 0.3) is 11.8 Å². The first kappa shape index (κ1) is 23.8. The third kappa shape index (κ3) is 4.77. The molecule has 0 spiro atoms. The van der Waals surface area contributed by atoms with Crippen LogP contribution in [-0.4, -0.2) is 17.8 Å². The Morgan fingerprint density at radius 1 is 0.912 bits per heavy atom. The van der Waals surface area contributed by atoms with Crippen molar-refractivity contribution >= 4 is 64.4 Å². The van der Waals surface area contributed by atoms with Crippen molar-refractivity contribution in [2.45, 2.75) is 6.61 Å². The molecular weight excluding hydrogens is 506 g/mol. The molecule has 1 heterocycles. The highest BCUT2D eigenvalue weighted by Crippen LogP contribution is 2.36. The molecule has 3 aromatic carbocycles. The summed E-state index contributed by atoms with van der Waals surface area (Å²) in [6.45, 7) is -0.109. The Hall–Kier alpha value is -3.39. The van der Waals surface area contributed by atoms with Crippen LogP contribution in [0.2, 0.25) is 15.1 Å².